The highest BCUT2D eigenvalue weighted by Gasteiger charge is 2.42. The molecule has 2 amide bonds. The summed E-state index contributed by atoms with van der Waals surface area (Å²) in [4.78, 5) is 29.5. The molecular formula is C18H22N4O4. The van der Waals surface area contributed by atoms with Crippen molar-refractivity contribution in [3.63, 3.8) is 0 Å². The summed E-state index contributed by atoms with van der Waals surface area (Å²) >= 11 is 0. The first-order valence-corrected chi connectivity index (χ1v) is 8.54. The van der Waals surface area contributed by atoms with Gasteiger partial charge in [0.2, 0.25) is 11.7 Å². The van der Waals surface area contributed by atoms with E-state index in [2.05, 4.69) is 15.5 Å². The Balaban J connectivity index is 1.55. The normalized spacial score (nSPS) is 20.8. The molecule has 1 aliphatic heterocycles. The Bertz CT molecular complexity index is 791. The Hall–Kier alpha value is -2.90. The van der Waals surface area contributed by atoms with Crippen molar-refractivity contribution >= 4 is 12.0 Å². The number of nitrogens with zero attached hydrogens (tertiary/aromatic N) is 3. The predicted molar refractivity (Wildman–Crippen MR) is 93.5 cm³/mol. The highest BCUT2D eigenvalue weighted by molar-refractivity contribution is 5.79. The first-order chi connectivity index (χ1) is 12.4. The van der Waals surface area contributed by atoms with Crippen LogP contribution in [0, 0.1) is 5.41 Å². The van der Waals surface area contributed by atoms with Gasteiger partial charge in [-0.1, -0.05) is 42.4 Å². The molecule has 3 rings (SSSR count). The Morgan fingerprint density at radius 1 is 1.38 bits per heavy atom. The number of amides is 2. The van der Waals surface area contributed by atoms with Gasteiger partial charge in [-0.3, -0.25) is 4.79 Å². The van der Waals surface area contributed by atoms with Crippen molar-refractivity contribution in [2.45, 2.75) is 26.2 Å². The van der Waals surface area contributed by atoms with Gasteiger partial charge in [-0.25, -0.2) is 4.79 Å². The van der Waals surface area contributed by atoms with Crippen LogP contribution in [0.25, 0.3) is 11.4 Å². The molecule has 0 spiro atoms. The van der Waals surface area contributed by atoms with Gasteiger partial charge >= 0.3 is 12.0 Å². The van der Waals surface area contributed by atoms with Crippen molar-refractivity contribution < 1.29 is 19.2 Å². The highest BCUT2D eigenvalue weighted by Crippen LogP contribution is 2.30. The number of hydrogen-bond donors (Lipinski definition) is 2. The minimum atomic E-state index is -0.875. The monoisotopic (exact) mass is 358 g/mol. The lowest BCUT2D eigenvalue weighted by Gasteiger charge is -2.21. The van der Waals surface area contributed by atoms with E-state index in [0.29, 0.717) is 31.2 Å². The van der Waals surface area contributed by atoms with Crippen LogP contribution in [-0.2, 0) is 4.79 Å². The first kappa shape index (κ1) is 17.9. The lowest BCUT2D eigenvalue weighted by molar-refractivity contribution is -0.147. The molecule has 0 aliphatic carbocycles. The maximum atomic E-state index is 12.3. The lowest BCUT2D eigenvalue weighted by Crippen LogP contribution is -2.42. The molecule has 2 atom stereocenters. The van der Waals surface area contributed by atoms with Crippen LogP contribution in [0.15, 0.2) is 34.9 Å². The van der Waals surface area contributed by atoms with Crippen molar-refractivity contribution in [2.75, 3.05) is 19.6 Å². The summed E-state index contributed by atoms with van der Waals surface area (Å²) < 4.78 is 5.30. The third-order valence-electron chi connectivity index (χ3n) is 4.73. The molecule has 1 aromatic heterocycles. The summed E-state index contributed by atoms with van der Waals surface area (Å²) in [6.45, 7) is 4.52. The molecular weight excluding hydrogens is 336 g/mol. The van der Waals surface area contributed by atoms with Gasteiger partial charge < -0.3 is 19.8 Å². The zero-order valence-corrected chi connectivity index (χ0v) is 14.8. The molecule has 8 nitrogen and oxygen atoms in total. The second-order valence-electron chi connectivity index (χ2n) is 6.95. The number of nitrogens with one attached hydrogen (secondary N) is 1. The number of aromatic nitrogens is 2. The van der Waals surface area contributed by atoms with Crippen molar-refractivity contribution in [3.05, 3.63) is 36.2 Å². The van der Waals surface area contributed by atoms with Gasteiger partial charge in [0, 0.05) is 25.2 Å². The third-order valence-corrected chi connectivity index (χ3v) is 4.73. The molecule has 0 bridgehead atoms. The van der Waals surface area contributed by atoms with Gasteiger partial charge in [-0.05, 0) is 13.3 Å². The van der Waals surface area contributed by atoms with Crippen molar-refractivity contribution in [1.82, 2.24) is 20.4 Å². The van der Waals surface area contributed by atoms with E-state index in [4.69, 9.17) is 4.52 Å². The third kappa shape index (κ3) is 3.68. The van der Waals surface area contributed by atoms with E-state index in [1.54, 1.807) is 6.92 Å². The topological polar surface area (TPSA) is 109 Å². The predicted octanol–water partition coefficient (Wildman–Crippen LogP) is 2.35. The fourth-order valence-electron chi connectivity index (χ4n) is 2.89. The minimum absolute atomic E-state index is 0.155. The van der Waals surface area contributed by atoms with E-state index >= 15 is 0 Å². The largest absolute Gasteiger partial charge is 0.481 e. The second kappa shape index (κ2) is 7.15. The Labute approximate surface area is 151 Å². The summed E-state index contributed by atoms with van der Waals surface area (Å²) in [6.07, 6.45) is 0.454. The Morgan fingerprint density at radius 2 is 2.12 bits per heavy atom. The molecule has 2 aromatic rings. The van der Waals surface area contributed by atoms with Crippen molar-refractivity contribution in [1.29, 1.82) is 0 Å². The SMILES string of the molecule is CC(CNC(=O)N1CCC(C)(C(=O)O)C1)c1nc(-c2ccccc2)no1. The maximum Gasteiger partial charge on any atom is 0.317 e. The number of carbonyl (C=O) groups is 2. The van der Waals surface area contributed by atoms with Crippen LogP contribution in [0.1, 0.15) is 32.1 Å². The Morgan fingerprint density at radius 3 is 2.77 bits per heavy atom. The number of aliphatic carboxylic acids is 1. The van der Waals surface area contributed by atoms with Gasteiger partial charge in [-0.2, -0.15) is 4.98 Å². The van der Waals surface area contributed by atoms with Crippen LogP contribution >= 0.6 is 0 Å². The van der Waals surface area contributed by atoms with E-state index in [1.807, 2.05) is 37.3 Å². The van der Waals surface area contributed by atoms with E-state index in [-0.39, 0.29) is 18.5 Å². The van der Waals surface area contributed by atoms with Gasteiger partial charge in [-0.15, -0.1) is 0 Å². The summed E-state index contributed by atoms with van der Waals surface area (Å²) in [7, 11) is 0. The zero-order valence-electron chi connectivity index (χ0n) is 14.8. The van der Waals surface area contributed by atoms with Crippen LogP contribution in [0.3, 0.4) is 0 Å². The van der Waals surface area contributed by atoms with E-state index in [1.165, 1.54) is 4.90 Å². The molecule has 1 aromatic carbocycles. The van der Waals surface area contributed by atoms with E-state index in [0.717, 1.165) is 5.56 Å². The highest BCUT2D eigenvalue weighted by atomic mass is 16.5. The number of urea groups is 1. The number of carbonyl (C=O) groups excluding carboxylic acids is 1. The average Bonchev–Trinajstić information content (AvgIpc) is 3.28. The molecule has 2 unspecified atom stereocenters. The van der Waals surface area contributed by atoms with Gasteiger partial charge in [0.15, 0.2) is 0 Å². The van der Waals surface area contributed by atoms with Crippen molar-refractivity contribution in [2.24, 2.45) is 5.41 Å². The average molecular weight is 358 g/mol. The van der Waals surface area contributed by atoms with E-state index < -0.39 is 11.4 Å². The quantitative estimate of drug-likeness (QED) is 0.849. The van der Waals surface area contributed by atoms with Gasteiger partial charge in [0.25, 0.3) is 0 Å². The fraction of sp³-hybridized carbons (Fsp3) is 0.444. The smallest absolute Gasteiger partial charge is 0.317 e. The molecule has 138 valence electrons. The number of likely N-dealkylation sites (tertiary alicyclic amines) is 1. The molecule has 0 saturated carbocycles. The molecule has 1 aliphatic rings. The molecule has 0 radical (unpaired) electrons. The molecule has 1 saturated heterocycles. The lowest BCUT2D eigenvalue weighted by atomic mass is 9.90. The zero-order chi connectivity index (χ0) is 18.7. The van der Waals surface area contributed by atoms with Crippen molar-refractivity contribution in [3.8, 4) is 11.4 Å². The van der Waals surface area contributed by atoms with Crippen LogP contribution in [-0.4, -0.2) is 51.8 Å². The number of carboxylic acids is 1. The number of carboxylic acid groups (broad SMARTS) is 1. The number of benzene rings is 1. The fourth-order valence-corrected chi connectivity index (χ4v) is 2.89. The van der Waals surface area contributed by atoms with Gasteiger partial charge in [0.1, 0.15) is 0 Å². The Kier molecular flexibility index (Phi) is 4.92. The van der Waals surface area contributed by atoms with Crippen LogP contribution in [0.5, 0.6) is 0 Å². The summed E-state index contributed by atoms with van der Waals surface area (Å²) in [5.74, 6) is -0.0747. The van der Waals surface area contributed by atoms with E-state index in [9.17, 15) is 14.7 Å². The number of hydrogen-bond acceptors (Lipinski definition) is 5. The maximum absolute atomic E-state index is 12.3. The van der Waals surface area contributed by atoms with Crippen LogP contribution in [0.2, 0.25) is 0 Å². The second-order valence-corrected chi connectivity index (χ2v) is 6.95. The first-order valence-electron chi connectivity index (χ1n) is 8.54. The summed E-state index contributed by atoms with van der Waals surface area (Å²) in [5.41, 5.74) is -0.0104. The summed E-state index contributed by atoms with van der Waals surface area (Å²) in [6, 6.07) is 9.23. The molecule has 2 N–H and O–H groups in total. The number of rotatable bonds is 5. The minimum Gasteiger partial charge on any atom is -0.481 e. The van der Waals surface area contributed by atoms with Gasteiger partial charge in [0.05, 0.1) is 11.3 Å². The molecule has 2 heterocycles. The van der Waals surface area contributed by atoms with Crippen LogP contribution in [0.4, 0.5) is 4.79 Å². The molecule has 26 heavy (non-hydrogen) atoms. The van der Waals surface area contributed by atoms with Crippen LogP contribution < -0.4 is 5.32 Å². The summed E-state index contributed by atoms with van der Waals surface area (Å²) in [5, 5.41) is 16.0. The molecule has 1 fully saturated rings. The standard InChI is InChI=1S/C18H22N4O4/c1-12(15-20-14(21-26-15)13-6-4-3-5-7-13)10-19-17(25)22-9-8-18(2,11-22)16(23)24/h3-7,12H,8-11H2,1-2H3,(H,19,25)(H,23,24). The molecule has 8 heteroatoms.